The Morgan fingerprint density at radius 3 is 3.00 bits per heavy atom. The number of fused-ring (bicyclic) bond motifs is 1. The molecule has 1 heterocycles. The van der Waals surface area contributed by atoms with Gasteiger partial charge < -0.3 is 10.2 Å². The molecule has 1 aliphatic rings. The van der Waals surface area contributed by atoms with Crippen LogP contribution in [0, 0.1) is 0 Å². The number of aryl methyl sites for hydroxylation is 1. The van der Waals surface area contributed by atoms with Gasteiger partial charge in [0.1, 0.15) is 16.7 Å². The van der Waals surface area contributed by atoms with Crippen molar-refractivity contribution in [2.75, 3.05) is 0 Å². The van der Waals surface area contributed by atoms with Crippen molar-refractivity contribution in [1.82, 2.24) is 4.98 Å². The number of aromatic hydroxyl groups is 1. The van der Waals surface area contributed by atoms with Crippen LogP contribution in [-0.4, -0.2) is 21.2 Å². The number of thiazole rings is 1. The molecule has 0 aliphatic heterocycles. The van der Waals surface area contributed by atoms with Crippen LogP contribution in [0.1, 0.15) is 22.9 Å². The number of carbonyl (C=O) groups is 1. The van der Waals surface area contributed by atoms with E-state index in [1.165, 1.54) is 11.3 Å². The second-order valence-electron chi connectivity index (χ2n) is 4.31. The first-order chi connectivity index (χ1) is 8.65. The van der Waals surface area contributed by atoms with Crippen LogP contribution >= 0.6 is 11.3 Å². The molecule has 2 N–H and O–H groups in total. The summed E-state index contributed by atoms with van der Waals surface area (Å²) in [6.45, 7) is 0. The van der Waals surface area contributed by atoms with Crippen LogP contribution < -0.4 is 0 Å². The zero-order valence-electron chi connectivity index (χ0n) is 9.46. The summed E-state index contributed by atoms with van der Waals surface area (Å²) in [6, 6.07) is 6.87. The van der Waals surface area contributed by atoms with E-state index in [9.17, 15) is 9.90 Å². The average Bonchev–Trinajstić information content (AvgIpc) is 2.87. The zero-order valence-corrected chi connectivity index (χ0v) is 10.3. The molecule has 2 aromatic rings. The molecule has 1 atom stereocenters. The van der Waals surface area contributed by atoms with Crippen LogP contribution in [0.5, 0.6) is 5.75 Å². The van der Waals surface area contributed by atoms with Gasteiger partial charge in [-0.25, -0.2) is 4.98 Å². The van der Waals surface area contributed by atoms with Crippen molar-refractivity contribution in [3.63, 3.8) is 0 Å². The number of phenols is 1. The van der Waals surface area contributed by atoms with Gasteiger partial charge in [-0.05, 0) is 25.0 Å². The minimum atomic E-state index is -0.804. The molecule has 1 aromatic carbocycles. The second-order valence-corrected chi connectivity index (χ2v) is 5.39. The van der Waals surface area contributed by atoms with Gasteiger partial charge in [0.25, 0.3) is 0 Å². The highest BCUT2D eigenvalue weighted by Crippen LogP contribution is 2.40. The first-order valence-electron chi connectivity index (χ1n) is 5.67. The minimum absolute atomic E-state index is 0.192. The fraction of sp³-hybridized carbons (Fsp3) is 0.231. The summed E-state index contributed by atoms with van der Waals surface area (Å²) in [6.07, 6.45) is 1.42. The van der Waals surface area contributed by atoms with E-state index in [1.807, 2.05) is 6.07 Å². The number of aromatic nitrogens is 1. The number of aliphatic carboxylic acids is 1. The normalized spacial score (nSPS) is 17.7. The molecule has 0 saturated heterocycles. The van der Waals surface area contributed by atoms with E-state index in [-0.39, 0.29) is 5.75 Å². The van der Waals surface area contributed by atoms with Gasteiger partial charge in [-0.15, -0.1) is 11.3 Å². The lowest BCUT2D eigenvalue weighted by Crippen LogP contribution is -2.08. The maximum Gasteiger partial charge on any atom is 0.312 e. The molecule has 0 fully saturated rings. The van der Waals surface area contributed by atoms with Gasteiger partial charge >= 0.3 is 5.97 Å². The average molecular weight is 261 g/mol. The molecule has 0 saturated carbocycles. The Hall–Kier alpha value is -1.88. The first kappa shape index (κ1) is 11.2. The van der Waals surface area contributed by atoms with Crippen molar-refractivity contribution in [3.8, 4) is 16.3 Å². The zero-order chi connectivity index (χ0) is 12.7. The van der Waals surface area contributed by atoms with E-state index in [0.717, 1.165) is 21.9 Å². The fourth-order valence-corrected chi connectivity index (χ4v) is 3.36. The summed E-state index contributed by atoms with van der Waals surface area (Å²) in [7, 11) is 0. The van der Waals surface area contributed by atoms with Gasteiger partial charge in [0.05, 0.1) is 5.69 Å². The smallest absolute Gasteiger partial charge is 0.312 e. The highest BCUT2D eigenvalue weighted by atomic mass is 32.1. The summed E-state index contributed by atoms with van der Waals surface area (Å²) in [5, 5.41) is 19.3. The summed E-state index contributed by atoms with van der Waals surface area (Å²) in [5.74, 6) is -1.08. The second kappa shape index (κ2) is 4.10. The van der Waals surface area contributed by atoms with Crippen LogP contribution in [-0.2, 0) is 11.2 Å². The van der Waals surface area contributed by atoms with Crippen molar-refractivity contribution in [1.29, 1.82) is 0 Å². The Labute approximate surface area is 108 Å². The molecule has 0 spiro atoms. The molecule has 1 unspecified atom stereocenters. The predicted molar refractivity (Wildman–Crippen MR) is 67.9 cm³/mol. The Morgan fingerprint density at radius 2 is 2.28 bits per heavy atom. The summed E-state index contributed by atoms with van der Waals surface area (Å²) in [4.78, 5) is 16.6. The largest absolute Gasteiger partial charge is 0.508 e. The lowest BCUT2D eigenvalue weighted by Gasteiger charge is -2.01. The van der Waals surface area contributed by atoms with Crippen molar-refractivity contribution in [2.45, 2.75) is 18.8 Å². The number of carboxylic acids is 1. The van der Waals surface area contributed by atoms with Crippen molar-refractivity contribution < 1.29 is 15.0 Å². The standard InChI is InChI=1S/C13H11NO3S/c15-8-3-1-2-7(6-8)12-14-11-9(13(16)17)4-5-10(11)18-12/h1-3,6,9,15H,4-5H2,(H,16,17). The Balaban J connectivity index is 2.02. The van der Waals surface area contributed by atoms with E-state index < -0.39 is 11.9 Å². The maximum atomic E-state index is 11.1. The van der Waals surface area contributed by atoms with Gasteiger partial charge in [-0.2, -0.15) is 0 Å². The molecule has 92 valence electrons. The summed E-state index contributed by atoms with van der Waals surface area (Å²) < 4.78 is 0. The van der Waals surface area contributed by atoms with Crippen molar-refractivity contribution >= 4 is 17.3 Å². The Kier molecular flexibility index (Phi) is 2.56. The number of hydrogen-bond donors (Lipinski definition) is 2. The van der Waals surface area contributed by atoms with Gasteiger partial charge in [0.2, 0.25) is 0 Å². The van der Waals surface area contributed by atoms with Gasteiger partial charge in [0, 0.05) is 10.4 Å². The topological polar surface area (TPSA) is 70.4 Å². The van der Waals surface area contributed by atoms with Crippen LogP contribution in [0.15, 0.2) is 24.3 Å². The molecule has 1 aliphatic carbocycles. The SMILES string of the molecule is O=C(O)C1CCc2sc(-c3cccc(O)c3)nc21. The van der Waals surface area contributed by atoms with Gasteiger partial charge in [-0.3, -0.25) is 4.79 Å². The Bertz CT molecular complexity index is 620. The van der Waals surface area contributed by atoms with Crippen LogP contribution in [0.25, 0.3) is 10.6 Å². The van der Waals surface area contributed by atoms with Crippen LogP contribution in [0.4, 0.5) is 0 Å². The summed E-state index contributed by atoms with van der Waals surface area (Å²) in [5.41, 5.74) is 1.53. The third-order valence-corrected chi connectivity index (χ3v) is 4.29. The quantitative estimate of drug-likeness (QED) is 0.871. The number of carboxylic acid groups (broad SMARTS) is 1. The predicted octanol–water partition coefficient (Wildman–Crippen LogP) is 2.63. The lowest BCUT2D eigenvalue weighted by molar-refractivity contribution is -0.138. The molecule has 4 nitrogen and oxygen atoms in total. The van der Waals surface area contributed by atoms with Crippen molar-refractivity contribution in [3.05, 3.63) is 34.8 Å². The molecular formula is C13H11NO3S. The highest BCUT2D eigenvalue weighted by molar-refractivity contribution is 7.15. The van der Waals surface area contributed by atoms with Gasteiger partial charge in [-0.1, -0.05) is 12.1 Å². The van der Waals surface area contributed by atoms with Crippen LogP contribution in [0.2, 0.25) is 0 Å². The third-order valence-electron chi connectivity index (χ3n) is 3.11. The molecular weight excluding hydrogens is 250 g/mol. The van der Waals surface area contributed by atoms with Crippen molar-refractivity contribution in [2.24, 2.45) is 0 Å². The highest BCUT2D eigenvalue weighted by Gasteiger charge is 2.32. The molecule has 0 bridgehead atoms. The van der Waals surface area contributed by atoms with Gasteiger partial charge in [0.15, 0.2) is 0 Å². The molecule has 0 amide bonds. The third kappa shape index (κ3) is 1.76. The lowest BCUT2D eigenvalue weighted by atomic mass is 10.1. The molecule has 3 rings (SSSR count). The first-order valence-corrected chi connectivity index (χ1v) is 6.48. The molecule has 18 heavy (non-hydrogen) atoms. The molecule has 1 aromatic heterocycles. The fourth-order valence-electron chi connectivity index (χ4n) is 2.23. The van der Waals surface area contributed by atoms with E-state index in [1.54, 1.807) is 18.2 Å². The number of phenolic OH excluding ortho intramolecular Hbond substituents is 1. The molecule has 5 heteroatoms. The number of benzene rings is 1. The maximum absolute atomic E-state index is 11.1. The Morgan fingerprint density at radius 1 is 1.44 bits per heavy atom. The number of hydrogen-bond acceptors (Lipinski definition) is 4. The number of nitrogens with zero attached hydrogens (tertiary/aromatic N) is 1. The van der Waals surface area contributed by atoms with E-state index >= 15 is 0 Å². The minimum Gasteiger partial charge on any atom is -0.508 e. The van der Waals surface area contributed by atoms with E-state index in [4.69, 9.17) is 5.11 Å². The van der Waals surface area contributed by atoms with E-state index in [2.05, 4.69) is 4.98 Å². The van der Waals surface area contributed by atoms with Crippen LogP contribution in [0.3, 0.4) is 0 Å². The number of rotatable bonds is 2. The summed E-state index contributed by atoms with van der Waals surface area (Å²) >= 11 is 1.52. The molecule has 0 radical (unpaired) electrons. The monoisotopic (exact) mass is 261 g/mol. The van der Waals surface area contributed by atoms with E-state index in [0.29, 0.717) is 12.1 Å².